The second-order valence-electron chi connectivity index (χ2n) is 2.71. The summed E-state index contributed by atoms with van der Waals surface area (Å²) in [6, 6.07) is 6.25. The zero-order valence-corrected chi connectivity index (χ0v) is 7.90. The third-order valence-corrected chi connectivity index (χ3v) is 2.73. The minimum absolute atomic E-state index is 1.09. The van der Waals surface area contributed by atoms with Crippen molar-refractivity contribution in [3.8, 4) is 0 Å². The SMILES string of the molecule is CSc1cccc2c(C)[nH]nc12. The van der Waals surface area contributed by atoms with Crippen molar-refractivity contribution in [2.45, 2.75) is 11.8 Å². The van der Waals surface area contributed by atoms with E-state index in [0.29, 0.717) is 0 Å². The second kappa shape index (κ2) is 2.83. The van der Waals surface area contributed by atoms with E-state index in [9.17, 15) is 0 Å². The van der Waals surface area contributed by atoms with Gasteiger partial charge < -0.3 is 0 Å². The fourth-order valence-corrected chi connectivity index (χ4v) is 1.87. The molecule has 0 bridgehead atoms. The maximum atomic E-state index is 4.24. The van der Waals surface area contributed by atoms with Gasteiger partial charge in [-0.2, -0.15) is 5.10 Å². The van der Waals surface area contributed by atoms with Gasteiger partial charge in [-0.3, -0.25) is 5.10 Å². The van der Waals surface area contributed by atoms with Crippen LogP contribution >= 0.6 is 11.8 Å². The Labute approximate surface area is 75.4 Å². The van der Waals surface area contributed by atoms with E-state index in [4.69, 9.17) is 0 Å². The predicted octanol–water partition coefficient (Wildman–Crippen LogP) is 2.59. The summed E-state index contributed by atoms with van der Waals surface area (Å²) in [6.45, 7) is 2.04. The van der Waals surface area contributed by atoms with Gasteiger partial charge in [0, 0.05) is 16.0 Å². The molecule has 0 amide bonds. The lowest BCUT2D eigenvalue weighted by atomic mass is 10.2. The topological polar surface area (TPSA) is 28.7 Å². The highest BCUT2D eigenvalue weighted by Crippen LogP contribution is 2.25. The number of aryl methyl sites for hydroxylation is 1. The Hall–Kier alpha value is -0.960. The summed E-state index contributed by atoms with van der Waals surface area (Å²) in [7, 11) is 0. The molecule has 0 saturated carbocycles. The summed E-state index contributed by atoms with van der Waals surface area (Å²) in [5, 5.41) is 8.46. The Bertz CT molecular complexity index is 406. The molecule has 1 heterocycles. The Kier molecular flexibility index (Phi) is 1.81. The molecule has 0 saturated heterocycles. The molecule has 1 N–H and O–H groups in total. The van der Waals surface area contributed by atoms with Crippen LogP contribution in [0.15, 0.2) is 23.1 Å². The van der Waals surface area contributed by atoms with Crippen LogP contribution in [0.1, 0.15) is 5.69 Å². The van der Waals surface area contributed by atoms with Gasteiger partial charge in [0.05, 0.1) is 0 Å². The zero-order valence-electron chi connectivity index (χ0n) is 7.09. The highest BCUT2D eigenvalue weighted by atomic mass is 32.2. The van der Waals surface area contributed by atoms with Gasteiger partial charge in [0.15, 0.2) is 0 Å². The van der Waals surface area contributed by atoms with Crippen LogP contribution in [-0.4, -0.2) is 16.5 Å². The summed E-state index contributed by atoms with van der Waals surface area (Å²) in [5.41, 5.74) is 2.23. The van der Waals surface area contributed by atoms with Crippen LogP contribution in [0.4, 0.5) is 0 Å². The zero-order chi connectivity index (χ0) is 8.55. The lowest BCUT2D eigenvalue weighted by molar-refractivity contribution is 1.06. The number of thioether (sulfide) groups is 1. The Morgan fingerprint density at radius 1 is 1.42 bits per heavy atom. The summed E-state index contributed by atoms with van der Waals surface area (Å²) in [6.07, 6.45) is 2.07. The van der Waals surface area contributed by atoms with Gasteiger partial charge >= 0.3 is 0 Å². The standard InChI is InChI=1S/C9H10N2S/c1-6-7-4-3-5-8(12-2)9(7)11-10-6/h3-5H,1-2H3,(H,10,11). The average Bonchev–Trinajstić information content (AvgIpc) is 2.48. The molecule has 0 radical (unpaired) electrons. The third kappa shape index (κ3) is 1.01. The first-order valence-electron chi connectivity index (χ1n) is 3.80. The van der Waals surface area contributed by atoms with E-state index in [0.717, 1.165) is 11.2 Å². The molecule has 1 aromatic carbocycles. The third-order valence-electron chi connectivity index (χ3n) is 1.96. The van der Waals surface area contributed by atoms with E-state index in [-0.39, 0.29) is 0 Å². The Morgan fingerprint density at radius 2 is 2.25 bits per heavy atom. The molecule has 0 aliphatic carbocycles. The summed E-state index contributed by atoms with van der Waals surface area (Å²) < 4.78 is 0. The van der Waals surface area contributed by atoms with Gasteiger partial charge in [0.2, 0.25) is 0 Å². The molecule has 0 atom stereocenters. The molecule has 0 unspecified atom stereocenters. The number of para-hydroxylation sites is 1. The van der Waals surface area contributed by atoms with Gasteiger partial charge in [0.1, 0.15) is 5.52 Å². The molecule has 2 aromatic rings. The quantitative estimate of drug-likeness (QED) is 0.680. The first-order chi connectivity index (χ1) is 5.83. The molecule has 1 aromatic heterocycles. The number of nitrogens with one attached hydrogen (secondary N) is 1. The van der Waals surface area contributed by atoms with Crippen molar-refractivity contribution < 1.29 is 0 Å². The number of rotatable bonds is 1. The van der Waals surface area contributed by atoms with Crippen molar-refractivity contribution in [2.75, 3.05) is 6.26 Å². The lowest BCUT2D eigenvalue weighted by Crippen LogP contribution is -1.73. The number of aromatic amines is 1. The van der Waals surface area contributed by atoms with Crippen molar-refractivity contribution in [3.05, 3.63) is 23.9 Å². The van der Waals surface area contributed by atoms with Gasteiger partial charge in [-0.1, -0.05) is 12.1 Å². The van der Waals surface area contributed by atoms with E-state index < -0.39 is 0 Å². The van der Waals surface area contributed by atoms with E-state index in [1.807, 2.05) is 6.92 Å². The first-order valence-corrected chi connectivity index (χ1v) is 5.03. The molecule has 0 aliphatic heterocycles. The van der Waals surface area contributed by atoms with Crippen molar-refractivity contribution in [1.29, 1.82) is 0 Å². The van der Waals surface area contributed by atoms with Crippen LogP contribution in [0, 0.1) is 6.92 Å². The fourth-order valence-electron chi connectivity index (χ4n) is 1.30. The van der Waals surface area contributed by atoms with Gasteiger partial charge in [-0.05, 0) is 19.2 Å². The number of hydrogen-bond donors (Lipinski definition) is 1. The van der Waals surface area contributed by atoms with E-state index in [2.05, 4.69) is 34.7 Å². The van der Waals surface area contributed by atoms with Gasteiger partial charge in [-0.15, -0.1) is 11.8 Å². The molecule has 0 fully saturated rings. The number of hydrogen-bond acceptors (Lipinski definition) is 2. The molecular weight excluding hydrogens is 168 g/mol. The predicted molar refractivity (Wildman–Crippen MR) is 52.6 cm³/mol. The number of nitrogens with zero attached hydrogens (tertiary/aromatic N) is 1. The van der Waals surface area contributed by atoms with Crippen LogP contribution in [0.5, 0.6) is 0 Å². The molecule has 62 valence electrons. The van der Waals surface area contributed by atoms with Crippen molar-refractivity contribution in [1.82, 2.24) is 10.2 Å². The van der Waals surface area contributed by atoms with Crippen LogP contribution in [0.3, 0.4) is 0 Å². The number of benzene rings is 1. The van der Waals surface area contributed by atoms with Crippen molar-refractivity contribution >= 4 is 22.7 Å². The van der Waals surface area contributed by atoms with Crippen LogP contribution in [0.2, 0.25) is 0 Å². The molecular formula is C9H10N2S. The van der Waals surface area contributed by atoms with Crippen molar-refractivity contribution in [2.24, 2.45) is 0 Å². The second-order valence-corrected chi connectivity index (χ2v) is 3.55. The van der Waals surface area contributed by atoms with E-state index in [1.165, 1.54) is 10.3 Å². The first kappa shape index (κ1) is 7.68. The van der Waals surface area contributed by atoms with Crippen LogP contribution < -0.4 is 0 Å². The Morgan fingerprint density at radius 3 is 3.00 bits per heavy atom. The van der Waals surface area contributed by atoms with Crippen LogP contribution in [-0.2, 0) is 0 Å². The molecule has 2 rings (SSSR count). The minimum atomic E-state index is 1.09. The molecule has 2 nitrogen and oxygen atoms in total. The summed E-state index contributed by atoms with van der Waals surface area (Å²) in [4.78, 5) is 1.23. The normalized spacial score (nSPS) is 10.8. The minimum Gasteiger partial charge on any atom is -0.282 e. The smallest absolute Gasteiger partial charge is 0.106 e. The fraction of sp³-hybridized carbons (Fsp3) is 0.222. The molecule has 0 aliphatic rings. The maximum absolute atomic E-state index is 4.24. The number of fused-ring (bicyclic) bond motifs is 1. The Balaban J connectivity index is 2.81. The number of aromatic nitrogens is 2. The largest absolute Gasteiger partial charge is 0.282 e. The summed E-state index contributed by atoms with van der Waals surface area (Å²) >= 11 is 1.73. The number of H-pyrrole nitrogens is 1. The van der Waals surface area contributed by atoms with E-state index >= 15 is 0 Å². The van der Waals surface area contributed by atoms with Crippen molar-refractivity contribution in [3.63, 3.8) is 0 Å². The molecule has 0 spiro atoms. The van der Waals surface area contributed by atoms with Gasteiger partial charge in [0.25, 0.3) is 0 Å². The molecule has 12 heavy (non-hydrogen) atoms. The summed E-state index contributed by atoms with van der Waals surface area (Å²) in [5.74, 6) is 0. The highest BCUT2D eigenvalue weighted by Gasteiger charge is 2.03. The van der Waals surface area contributed by atoms with E-state index in [1.54, 1.807) is 11.8 Å². The maximum Gasteiger partial charge on any atom is 0.106 e. The highest BCUT2D eigenvalue weighted by molar-refractivity contribution is 7.98. The van der Waals surface area contributed by atoms with Crippen LogP contribution in [0.25, 0.3) is 10.9 Å². The lowest BCUT2D eigenvalue weighted by Gasteiger charge is -1.95. The average molecular weight is 178 g/mol. The van der Waals surface area contributed by atoms with Gasteiger partial charge in [-0.25, -0.2) is 0 Å². The molecule has 3 heteroatoms. The monoisotopic (exact) mass is 178 g/mol.